The fourth-order valence-corrected chi connectivity index (χ4v) is 2.80. The third-order valence-electron chi connectivity index (χ3n) is 4.44. The minimum Gasteiger partial charge on any atom is -0.497 e. The minimum absolute atomic E-state index is 0.128. The molecule has 0 spiro atoms. The van der Waals surface area contributed by atoms with Crippen molar-refractivity contribution in [3.8, 4) is 5.75 Å². The van der Waals surface area contributed by atoms with Crippen LogP contribution < -0.4 is 4.74 Å². The summed E-state index contributed by atoms with van der Waals surface area (Å²) in [5, 5.41) is 3.98. The molecule has 130 valence electrons. The minimum atomic E-state index is 0.128. The Morgan fingerprint density at radius 2 is 2.17 bits per heavy atom. The predicted molar refractivity (Wildman–Crippen MR) is 87.6 cm³/mol. The van der Waals surface area contributed by atoms with Crippen LogP contribution in [-0.4, -0.2) is 30.0 Å². The van der Waals surface area contributed by atoms with Crippen molar-refractivity contribution < 1.29 is 18.7 Å². The van der Waals surface area contributed by atoms with Gasteiger partial charge in [0.15, 0.2) is 5.82 Å². The summed E-state index contributed by atoms with van der Waals surface area (Å²) < 4.78 is 21.9. The first kappa shape index (κ1) is 16.9. The van der Waals surface area contributed by atoms with Crippen LogP contribution in [0.25, 0.3) is 0 Å². The molecule has 0 N–H and O–H groups in total. The normalized spacial score (nSPS) is 19.5. The second-order valence-corrected chi connectivity index (χ2v) is 6.75. The van der Waals surface area contributed by atoms with Crippen molar-refractivity contribution in [1.82, 2.24) is 10.1 Å². The summed E-state index contributed by atoms with van der Waals surface area (Å²) in [5.41, 5.74) is 1.19. The Balaban J connectivity index is 1.49. The Kier molecular flexibility index (Phi) is 5.16. The Hall–Kier alpha value is -1.92. The van der Waals surface area contributed by atoms with E-state index in [2.05, 4.69) is 24.0 Å². The maximum atomic E-state index is 5.77. The van der Waals surface area contributed by atoms with E-state index >= 15 is 0 Å². The van der Waals surface area contributed by atoms with Crippen molar-refractivity contribution in [2.24, 2.45) is 5.41 Å². The molecular weight excluding hydrogens is 308 g/mol. The lowest BCUT2D eigenvalue weighted by molar-refractivity contribution is 0.0578. The molecule has 1 aliphatic heterocycles. The van der Waals surface area contributed by atoms with Crippen molar-refractivity contribution in [3.05, 3.63) is 41.5 Å². The SMILES string of the molecule is COc1cccc(COCc2noc(CC3OCCC3(C)C)n2)c1. The Morgan fingerprint density at radius 1 is 1.29 bits per heavy atom. The summed E-state index contributed by atoms with van der Waals surface area (Å²) in [6.45, 7) is 6.00. The summed E-state index contributed by atoms with van der Waals surface area (Å²) in [4.78, 5) is 4.40. The standard InChI is InChI=1S/C18H24N2O4/c1-18(2)7-8-23-15(18)10-17-19-16(20-24-17)12-22-11-13-5-4-6-14(9-13)21-3/h4-6,9,15H,7-8,10-12H2,1-3H3. The summed E-state index contributed by atoms with van der Waals surface area (Å²) in [5.74, 6) is 1.98. The van der Waals surface area contributed by atoms with E-state index in [0.717, 1.165) is 24.3 Å². The highest BCUT2D eigenvalue weighted by Gasteiger charge is 2.36. The molecule has 0 bridgehead atoms. The monoisotopic (exact) mass is 332 g/mol. The topological polar surface area (TPSA) is 66.6 Å². The van der Waals surface area contributed by atoms with Gasteiger partial charge in [-0.1, -0.05) is 31.1 Å². The van der Waals surface area contributed by atoms with Crippen LogP contribution in [0.15, 0.2) is 28.8 Å². The van der Waals surface area contributed by atoms with Crippen molar-refractivity contribution in [1.29, 1.82) is 0 Å². The van der Waals surface area contributed by atoms with Crippen LogP contribution in [0.4, 0.5) is 0 Å². The number of nitrogens with zero attached hydrogens (tertiary/aromatic N) is 2. The molecule has 1 saturated heterocycles. The lowest BCUT2D eigenvalue weighted by Crippen LogP contribution is -2.26. The van der Waals surface area contributed by atoms with Crippen molar-refractivity contribution in [2.45, 2.75) is 46.0 Å². The maximum absolute atomic E-state index is 5.77. The number of ether oxygens (including phenoxy) is 3. The highest BCUT2D eigenvalue weighted by molar-refractivity contribution is 5.27. The van der Waals surface area contributed by atoms with Gasteiger partial charge < -0.3 is 18.7 Å². The number of benzene rings is 1. The maximum Gasteiger partial charge on any atom is 0.229 e. The molecule has 1 unspecified atom stereocenters. The van der Waals surface area contributed by atoms with Gasteiger partial charge >= 0.3 is 0 Å². The van der Waals surface area contributed by atoms with Crippen LogP contribution in [0.5, 0.6) is 5.75 Å². The number of hydrogen-bond acceptors (Lipinski definition) is 6. The quantitative estimate of drug-likeness (QED) is 0.776. The molecule has 1 fully saturated rings. The first-order valence-corrected chi connectivity index (χ1v) is 8.20. The van der Waals surface area contributed by atoms with Crippen LogP contribution in [-0.2, 0) is 29.1 Å². The van der Waals surface area contributed by atoms with E-state index in [4.69, 9.17) is 18.7 Å². The average molecular weight is 332 g/mol. The van der Waals surface area contributed by atoms with Crippen LogP contribution >= 0.6 is 0 Å². The fraction of sp³-hybridized carbons (Fsp3) is 0.556. The van der Waals surface area contributed by atoms with Crippen LogP contribution in [0.2, 0.25) is 0 Å². The van der Waals surface area contributed by atoms with Crippen LogP contribution in [0.3, 0.4) is 0 Å². The first-order valence-electron chi connectivity index (χ1n) is 8.20. The van der Waals surface area contributed by atoms with Crippen molar-refractivity contribution >= 4 is 0 Å². The van der Waals surface area contributed by atoms with Gasteiger partial charge in [0, 0.05) is 6.61 Å². The molecular formula is C18H24N2O4. The summed E-state index contributed by atoms with van der Waals surface area (Å²) in [6.07, 6.45) is 1.83. The summed E-state index contributed by atoms with van der Waals surface area (Å²) in [7, 11) is 1.65. The lowest BCUT2D eigenvalue weighted by Gasteiger charge is -2.23. The molecule has 0 amide bonds. The largest absolute Gasteiger partial charge is 0.497 e. The Bertz CT molecular complexity index is 669. The fourth-order valence-electron chi connectivity index (χ4n) is 2.80. The molecule has 1 aromatic heterocycles. The lowest BCUT2D eigenvalue weighted by atomic mass is 9.84. The van der Waals surface area contributed by atoms with E-state index in [9.17, 15) is 0 Å². The van der Waals surface area contributed by atoms with Crippen molar-refractivity contribution in [3.63, 3.8) is 0 Å². The van der Waals surface area contributed by atoms with Gasteiger partial charge in [0.1, 0.15) is 12.4 Å². The van der Waals surface area contributed by atoms with E-state index in [1.165, 1.54) is 0 Å². The Labute approximate surface area is 142 Å². The molecule has 1 atom stereocenters. The average Bonchev–Trinajstić information content (AvgIpc) is 3.15. The molecule has 0 radical (unpaired) electrons. The second kappa shape index (κ2) is 7.32. The third kappa shape index (κ3) is 4.13. The van der Waals surface area contributed by atoms with Crippen LogP contribution in [0.1, 0.15) is 37.5 Å². The van der Waals surface area contributed by atoms with Gasteiger partial charge in [-0.2, -0.15) is 4.98 Å². The number of aromatic nitrogens is 2. The molecule has 2 aromatic rings. The highest BCUT2D eigenvalue weighted by atomic mass is 16.5. The molecule has 24 heavy (non-hydrogen) atoms. The van der Waals surface area contributed by atoms with Gasteiger partial charge in [-0.15, -0.1) is 0 Å². The van der Waals surface area contributed by atoms with Gasteiger partial charge in [-0.25, -0.2) is 0 Å². The first-order chi connectivity index (χ1) is 11.6. The van der Waals surface area contributed by atoms with Gasteiger partial charge in [0.05, 0.1) is 26.2 Å². The number of rotatable bonds is 7. The zero-order valence-electron chi connectivity index (χ0n) is 14.4. The molecule has 2 heterocycles. The summed E-state index contributed by atoms with van der Waals surface area (Å²) >= 11 is 0. The van der Waals surface area contributed by atoms with Crippen LogP contribution in [0, 0.1) is 5.41 Å². The Morgan fingerprint density at radius 3 is 2.92 bits per heavy atom. The van der Waals surface area contributed by atoms with Gasteiger partial charge in [0.25, 0.3) is 0 Å². The molecule has 0 aliphatic carbocycles. The highest BCUT2D eigenvalue weighted by Crippen LogP contribution is 2.35. The summed E-state index contributed by atoms with van der Waals surface area (Å²) in [6, 6.07) is 7.78. The smallest absolute Gasteiger partial charge is 0.229 e. The zero-order chi connectivity index (χ0) is 17.0. The van der Waals surface area contributed by atoms with Gasteiger partial charge in [-0.3, -0.25) is 0 Å². The van der Waals surface area contributed by atoms with E-state index in [1.807, 2.05) is 24.3 Å². The van der Waals surface area contributed by atoms with E-state index in [0.29, 0.717) is 31.3 Å². The molecule has 3 rings (SSSR count). The number of methoxy groups -OCH3 is 1. The van der Waals surface area contributed by atoms with Gasteiger partial charge in [0.2, 0.25) is 5.89 Å². The molecule has 6 heteroatoms. The molecule has 0 saturated carbocycles. The zero-order valence-corrected chi connectivity index (χ0v) is 14.4. The second-order valence-electron chi connectivity index (χ2n) is 6.75. The van der Waals surface area contributed by atoms with Gasteiger partial charge in [-0.05, 0) is 29.5 Å². The molecule has 1 aromatic carbocycles. The predicted octanol–water partition coefficient (Wildman–Crippen LogP) is 3.15. The molecule has 6 nitrogen and oxygen atoms in total. The third-order valence-corrected chi connectivity index (χ3v) is 4.44. The van der Waals surface area contributed by atoms with E-state index < -0.39 is 0 Å². The van der Waals surface area contributed by atoms with E-state index in [1.54, 1.807) is 7.11 Å². The van der Waals surface area contributed by atoms with E-state index in [-0.39, 0.29) is 11.5 Å². The van der Waals surface area contributed by atoms with Crippen molar-refractivity contribution in [2.75, 3.05) is 13.7 Å². The molecule has 1 aliphatic rings. The number of hydrogen-bond donors (Lipinski definition) is 0.